The maximum atomic E-state index is 5.61. The van der Waals surface area contributed by atoms with Gasteiger partial charge in [-0.05, 0) is 42.1 Å². The topological polar surface area (TPSA) is 57.2 Å². The minimum absolute atomic E-state index is 0.693. The molecular formula is C22H19N5OS2. The molecule has 30 heavy (non-hydrogen) atoms. The van der Waals surface area contributed by atoms with Crippen LogP contribution in [0.1, 0.15) is 11.3 Å². The molecule has 150 valence electrons. The molecule has 0 amide bonds. The molecule has 8 heteroatoms. The molecule has 0 saturated heterocycles. The van der Waals surface area contributed by atoms with Crippen LogP contribution in [-0.2, 0) is 5.75 Å². The number of fused-ring (bicyclic) bond motifs is 1. The fourth-order valence-electron chi connectivity index (χ4n) is 3.37. The van der Waals surface area contributed by atoms with Gasteiger partial charge in [0.2, 0.25) is 0 Å². The number of hydrogen-bond donors (Lipinski definition) is 0. The molecule has 0 aliphatic heterocycles. The highest BCUT2D eigenvalue weighted by atomic mass is 32.2. The van der Waals surface area contributed by atoms with Gasteiger partial charge in [0, 0.05) is 18.1 Å². The molecule has 0 aliphatic rings. The number of rotatable bonds is 6. The summed E-state index contributed by atoms with van der Waals surface area (Å²) in [5.41, 5.74) is 4.06. The first-order valence-electron chi connectivity index (χ1n) is 9.43. The van der Waals surface area contributed by atoms with E-state index in [1.54, 1.807) is 30.2 Å². The minimum Gasteiger partial charge on any atom is -0.495 e. The van der Waals surface area contributed by atoms with E-state index in [4.69, 9.17) is 9.72 Å². The van der Waals surface area contributed by atoms with E-state index in [9.17, 15) is 0 Å². The number of ether oxygens (including phenoxy) is 1. The molecule has 0 aliphatic carbocycles. The van der Waals surface area contributed by atoms with Crippen LogP contribution < -0.4 is 4.74 Å². The van der Waals surface area contributed by atoms with Gasteiger partial charge in [0.25, 0.3) is 0 Å². The third-order valence-corrected chi connectivity index (χ3v) is 6.61. The van der Waals surface area contributed by atoms with Gasteiger partial charge in [0.1, 0.15) is 11.4 Å². The quantitative estimate of drug-likeness (QED) is 0.342. The van der Waals surface area contributed by atoms with Gasteiger partial charge in [-0.25, -0.2) is 4.98 Å². The lowest BCUT2D eigenvalue weighted by Crippen LogP contribution is -2.01. The summed E-state index contributed by atoms with van der Waals surface area (Å²) in [5.74, 6) is 2.28. The molecule has 0 radical (unpaired) electrons. The van der Waals surface area contributed by atoms with E-state index >= 15 is 0 Å². The van der Waals surface area contributed by atoms with Crippen molar-refractivity contribution in [1.82, 2.24) is 24.1 Å². The van der Waals surface area contributed by atoms with Crippen molar-refractivity contribution < 1.29 is 4.74 Å². The van der Waals surface area contributed by atoms with Crippen molar-refractivity contribution in [2.75, 3.05) is 7.11 Å². The van der Waals surface area contributed by atoms with Gasteiger partial charge < -0.3 is 9.14 Å². The number of thiophene rings is 1. The highest BCUT2D eigenvalue weighted by Crippen LogP contribution is 2.34. The van der Waals surface area contributed by atoms with Crippen LogP contribution in [0.5, 0.6) is 5.75 Å². The molecule has 4 heterocycles. The third kappa shape index (κ3) is 3.38. The summed E-state index contributed by atoms with van der Waals surface area (Å²) < 4.78 is 9.74. The average Bonchev–Trinajstić information content (AvgIpc) is 3.51. The van der Waals surface area contributed by atoms with Crippen LogP contribution in [0.4, 0.5) is 0 Å². The number of pyridine rings is 1. The number of nitrogens with zero attached hydrogens (tertiary/aromatic N) is 5. The zero-order valence-corrected chi connectivity index (χ0v) is 18.2. The van der Waals surface area contributed by atoms with Crippen molar-refractivity contribution in [3.8, 4) is 22.1 Å². The highest BCUT2D eigenvalue weighted by molar-refractivity contribution is 7.98. The standard InChI is InChI=1S/C22H19N5OS2/c1-15-7-5-11-26-13-16(23-20(15)26)14-30-22-25-24-21(19-10-6-12-29-19)27(22)17-8-3-4-9-18(17)28-2/h3-13H,14H2,1-2H3. The van der Waals surface area contributed by atoms with Crippen molar-refractivity contribution in [3.63, 3.8) is 0 Å². The Morgan fingerprint density at radius 1 is 1.07 bits per heavy atom. The number of para-hydroxylation sites is 2. The number of thioether (sulfide) groups is 1. The van der Waals surface area contributed by atoms with Gasteiger partial charge >= 0.3 is 0 Å². The maximum absolute atomic E-state index is 5.61. The molecule has 0 saturated carbocycles. The lowest BCUT2D eigenvalue weighted by molar-refractivity contribution is 0.412. The van der Waals surface area contributed by atoms with E-state index in [2.05, 4.69) is 44.4 Å². The van der Waals surface area contributed by atoms with Crippen LogP contribution >= 0.6 is 23.1 Å². The first-order valence-corrected chi connectivity index (χ1v) is 11.3. The number of imidazole rings is 1. The van der Waals surface area contributed by atoms with Crippen LogP contribution in [0.3, 0.4) is 0 Å². The molecule has 6 nitrogen and oxygen atoms in total. The van der Waals surface area contributed by atoms with Crippen LogP contribution in [0.15, 0.2) is 71.5 Å². The van der Waals surface area contributed by atoms with E-state index in [-0.39, 0.29) is 0 Å². The normalized spacial score (nSPS) is 11.3. The molecule has 5 aromatic rings. The van der Waals surface area contributed by atoms with Gasteiger partial charge in [0.15, 0.2) is 11.0 Å². The van der Waals surface area contributed by atoms with Crippen molar-refractivity contribution in [1.29, 1.82) is 0 Å². The van der Waals surface area contributed by atoms with Gasteiger partial charge in [0.05, 0.1) is 23.4 Å². The largest absolute Gasteiger partial charge is 0.495 e. The fraction of sp³-hybridized carbons (Fsp3) is 0.136. The van der Waals surface area contributed by atoms with E-state index in [0.717, 1.165) is 44.2 Å². The predicted octanol–water partition coefficient (Wildman–Crippen LogP) is 5.25. The van der Waals surface area contributed by atoms with Crippen molar-refractivity contribution >= 4 is 28.7 Å². The summed E-state index contributed by atoms with van der Waals surface area (Å²) in [4.78, 5) is 5.84. The van der Waals surface area contributed by atoms with Gasteiger partial charge in [-0.1, -0.05) is 36.0 Å². The maximum Gasteiger partial charge on any atom is 0.196 e. The Labute approximate surface area is 182 Å². The Hall–Kier alpha value is -3.10. The van der Waals surface area contributed by atoms with Crippen LogP contribution in [0, 0.1) is 6.92 Å². The second kappa shape index (κ2) is 7.97. The summed E-state index contributed by atoms with van der Waals surface area (Å²) in [6, 6.07) is 16.1. The van der Waals surface area contributed by atoms with Crippen molar-refractivity contribution in [2.24, 2.45) is 0 Å². The van der Waals surface area contributed by atoms with E-state index < -0.39 is 0 Å². The van der Waals surface area contributed by atoms with Crippen LogP contribution in [0.2, 0.25) is 0 Å². The Balaban J connectivity index is 1.54. The molecule has 4 aromatic heterocycles. The second-order valence-corrected chi connectivity index (χ2v) is 8.62. The first-order chi connectivity index (χ1) is 14.7. The van der Waals surface area contributed by atoms with E-state index in [1.165, 1.54) is 0 Å². The molecule has 5 rings (SSSR count). The summed E-state index contributed by atoms with van der Waals surface area (Å²) in [7, 11) is 1.68. The van der Waals surface area contributed by atoms with Crippen molar-refractivity contribution in [3.05, 3.63) is 77.6 Å². The lowest BCUT2D eigenvalue weighted by Gasteiger charge is -2.13. The summed E-state index contributed by atoms with van der Waals surface area (Å²) in [6.07, 6.45) is 4.09. The Kier molecular flexibility index (Phi) is 5.02. The Morgan fingerprint density at radius 2 is 1.97 bits per heavy atom. The molecule has 0 atom stereocenters. The number of methoxy groups -OCH3 is 1. The molecule has 0 bridgehead atoms. The van der Waals surface area contributed by atoms with Crippen LogP contribution in [0.25, 0.3) is 22.0 Å². The zero-order valence-electron chi connectivity index (χ0n) is 16.5. The number of benzene rings is 1. The lowest BCUT2D eigenvalue weighted by atomic mass is 10.3. The van der Waals surface area contributed by atoms with Gasteiger partial charge in [-0.15, -0.1) is 21.5 Å². The number of aryl methyl sites for hydroxylation is 1. The zero-order chi connectivity index (χ0) is 20.5. The second-order valence-electron chi connectivity index (χ2n) is 6.73. The summed E-state index contributed by atoms with van der Waals surface area (Å²) >= 11 is 3.26. The minimum atomic E-state index is 0.693. The summed E-state index contributed by atoms with van der Waals surface area (Å²) in [5, 5.41) is 11.9. The molecule has 0 N–H and O–H groups in total. The van der Waals surface area contributed by atoms with E-state index in [0.29, 0.717) is 5.75 Å². The first kappa shape index (κ1) is 18.9. The highest BCUT2D eigenvalue weighted by Gasteiger charge is 2.20. The summed E-state index contributed by atoms with van der Waals surface area (Å²) in [6.45, 7) is 2.07. The number of hydrogen-bond acceptors (Lipinski definition) is 6. The predicted molar refractivity (Wildman–Crippen MR) is 121 cm³/mol. The van der Waals surface area contributed by atoms with Gasteiger partial charge in [-0.3, -0.25) is 4.57 Å². The van der Waals surface area contributed by atoms with Crippen LogP contribution in [-0.4, -0.2) is 31.3 Å². The van der Waals surface area contributed by atoms with Crippen molar-refractivity contribution in [2.45, 2.75) is 17.8 Å². The fourth-order valence-corrected chi connectivity index (χ4v) is 4.90. The van der Waals surface area contributed by atoms with E-state index in [1.807, 2.05) is 48.0 Å². The van der Waals surface area contributed by atoms with Gasteiger partial charge in [-0.2, -0.15) is 0 Å². The third-order valence-electron chi connectivity index (χ3n) is 4.78. The Bertz CT molecular complexity index is 1310. The monoisotopic (exact) mass is 433 g/mol. The number of aromatic nitrogens is 5. The smallest absolute Gasteiger partial charge is 0.196 e. The molecule has 0 unspecified atom stereocenters. The molecule has 1 aromatic carbocycles. The Morgan fingerprint density at radius 3 is 2.77 bits per heavy atom. The molecular weight excluding hydrogens is 414 g/mol. The SMILES string of the molecule is COc1ccccc1-n1c(SCc2cn3cccc(C)c3n2)nnc1-c1cccs1. The average molecular weight is 434 g/mol. The molecule has 0 fully saturated rings. The molecule has 0 spiro atoms.